The Hall–Kier alpha value is -1.04. The van der Waals surface area contributed by atoms with Gasteiger partial charge in [0.25, 0.3) is 0 Å². The molecule has 0 radical (unpaired) electrons. The van der Waals surface area contributed by atoms with E-state index in [1.165, 1.54) is 0 Å². The topological polar surface area (TPSA) is 40.1 Å². The van der Waals surface area contributed by atoms with Crippen LogP contribution in [0.15, 0.2) is 22.7 Å². The van der Waals surface area contributed by atoms with Gasteiger partial charge in [0.15, 0.2) is 0 Å². The first-order valence-electron chi connectivity index (χ1n) is 3.40. The Labute approximate surface area is 85.5 Å². The van der Waals surface area contributed by atoms with E-state index in [9.17, 15) is 23.1 Å². The van der Waals surface area contributed by atoms with Crippen molar-refractivity contribution in [1.82, 2.24) is 0 Å². The zero-order valence-corrected chi connectivity index (χ0v) is 8.15. The smallest absolute Gasteiger partial charge is 0.417 e. The number of hydrogen-bond donors (Lipinski definition) is 0. The fourth-order valence-electron chi connectivity index (χ4n) is 0.872. The second-order valence-corrected chi connectivity index (χ2v) is 3.33. The largest absolute Gasteiger partial charge is 0.545 e. The molecule has 6 heteroatoms. The first-order valence-corrected chi connectivity index (χ1v) is 4.20. The van der Waals surface area contributed by atoms with Crippen molar-refractivity contribution in [2.45, 2.75) is 6.18 Å². The third-order valence-corrected chi connectivity index (χ3v) is 2.17. The van der Waals surface area contributed by atoms with Crippen LogP contribution >= 0.6 is 15.9 Å². The molecule has 14 heavy (non-hydrogen) atoms. The van der Waals surface area contributed by atoms with Gasteiger partial charge in [0.1, 0.15) is 0 Å². The zero-order valence-electron chi connectivity index (χ0n) is 6.56. The van der Waals surface area contributed by atoms with Crippen molar-refractivity contribution < 1.29 is 23.1 Å². The fourth-order valence-corrected chi connectivity index (χ4v) is 1.48. The first-order chi connectivity index (χ1) is 6.32. The molecule has 0 aromatic heterocycles. The molecule has 0 atom stereocenters. The van der Waals surface area contributed by atoms with Crippen molar-refractivity contribution in [3.05, 3.63) is 33.8 Å². The molecule has 1 aromatic rings. The van der Waals surface area contributed by atoms with Crippen LogP contribution in [0.3, 0.4) is 0 Å². The highest BCUT2D eigenvalue weighted by Gasteiger charge is 2.32. The molecule has 0 spiro atoms. The van der Waals surface area contributed by atoms with Crippen LogP contribution in [0.4, 0.5) is 13.2 Å². The SMILES string of the molecule is O=C([O-])c1ccc(C(F)(F)F)c(Br)c1. The lowest BCUT2D eigenvalue weighted by Crippen LogP contribution is -2.22. The molecule has 0 aliphatic rings. The Kier molecular flexibility index (Phi) is 2.84. The van der Waals surface area contributed by atoms with Gasteiger partial charge in [-0.25, -0.2) is 0 Å². The zero-order chi connectivity index (χ0) is 10.9. The maximum Gasteiger partial charge on any atom is 0.417 e. The lowest BCUT2D eigenvalue weighted by molar-refractivity contribution is -0.255. The molecule has 0 heterocycles. The third kappa shape index (κ3) is 2.25. The van der Waals surface area contributed by atoms with E-state index in [-0.39, 0.29) is 10.0 Å². The predicted octanol–water partition coefficient (Wildman–Crippen LogP) is 1.83. The number of carbonyl (C=O) groups excluding carboxylic acids is 1. The first kappa shape index (κ1) is 11.0. The van der Waals surface area contributed by atoms with Crippen LogP contribution in [0.25, 0.3) is 0 Å². The van der Waals surface area contributed by atoms with E-state index in [0.717, 1.165) is 12.1 Å². The van der Waals surface area contributed by atoms with E-state index in [4.69, 9.17) is 0 Å². The van der Waals surface area contributed by atoms with E-state index in [1.807, 2.05) is 0 Å². The average Bonchev–Trinajstić information content (AvgIpc) is 2.01. The van der Waals surface area contributed by atoms with Gasteiger partial charge in [0.05, 0.1) is 11.5 Å². The normalized spacial score (nSPS) is 11.4. The summed E-state index contributed by atoms with van der Waals surface area (Å²) in [5.74, 6) is -1.51. The Morgan fingerprint density at radius 1 is 1.36 bits per heavy atom. The molecule has 0 amide bonds. The molecule has 1 rings (SSSR count). The monoisotopic (exact) mass is 267 g/mol. The van der Waals surface area contributed by atoms with Crippen molar-refractivity contribution in [3.63, 3.8) is 0 Å². The predicted molar refractivity (Wildman–Crippen MR) is 43.5 cm³/mol. The number of benzene rings is 1. The fraction of sp³-hybridized carbons (Fsp3) is 0.125. The third-order valence-electron chi connectivity index (χ3n) is 1.51. The van der Waals surface area contributed by atoms with Gasteiger partial charge < -0.3 is 9.90 Å². The molecule has 1 aromatic carbocycles. The number of halogens is 4. The minimum absolute atomic E-state index is 0.301. The van der Waals surface area contributed by atoms with Gasteiger partial charge >= 0.3 is 6.18 Å². The van der Waals surface area contributed by atoms with Gasteiger partial charge in [0, 0.05) is 4.47 Å². The number of hydrogen-bond acceptors (Lipinski definition) is 2. The Bertz CT molecular complexity index is 373. The van der Waals surface area contributed by atoms with Crippen molar-refractivity contribution >= 4 is 21.9 Å². The molecule has 0 saturated heterocycles. The Morgan fingerprint density at radius 3 is 2.29 bits per heavy atom. The Morgan fingerprint density at radius 2 is 1.93 bits per heavy atom. The summed E-state index contributed by atoms with van der Waals surface area (Å²) in [6, 6.07) is 2.40. The highest BCUT2D eigenvalue weighted by Crippen LogP contribution is 2.34. The highest BCUT2D eigenvalue weighted by molar-refractivity contribution is 9.10. The molecular formula is C8H3BrF3O2-. The van der Waals surface area contributed by atoms with Crippen molar-refractivity contribution in [2.75, 3.05) is 0 Å². The number of carbonyl (C=O) groups is 1. The lowest BCUT2D eigenvalue weighted by Gasteiger charge is -2.10. The molecule has 0 saturated carbocycles. The molecule has 2 nitrogen and oxygen atoms in total. The molecule has 0 aliphatic heterocycles. The van der Waals surface area contributed by atoms with Crippen LogP contribution in [0.5, 0.6) is 0 Å². The van der Waals surface area contributed by atoms with E-state index >= 15 is 0 Å². The minimum Gasteiger partial charge on any atom is -0.545 e. The van der Waals surface area contributed by atoms with Gasteiger partial charge in [-0.1, -0.05) is 22.0 Å². The average molecular weight is 268 g/mol. The number of alkyl halides is 3. The maximum absolute atomic E-state index is 12.2. The van der Waals surface area contributed by atoms with Gasteiger partial charge in [-0.05, 0) is 17.7 Å². The van der Waals surface area contributed by atoms with Crippen molar-refractivity contribution in [1.29, 1.82) is 0 Å². The summed E-state index contributed by atoms with van der Waals surface area (Å²) in [5, 5.41) is 10.3. The summed E-state index contributed by atoms with van der Waals surface area (Å²) < 4.78 is 36.3. The van der Waals surface area contributed by atoms with Gasteiger partial charge in [-0.2, -0.15) is 13.2 Å². The van der Waals surface area contributed by atoms with E-state index in [1.54, 1.807) is 0 Å². The van der Waals surface area contributed by atoms with Gasteiger partial charge in [-0.3, -0.25) is 0 Å². The quantitative estimate of drug-likeness (QED) is 0.779. The van der Waals surface area contributed by atoms with Crippen LogP contribution in [0.1, 0.15) is 15.9 Å². The van der Waals surface area contributed by atoms with Crippen LogP contribution in [-0.4, -0.2) is 5.97 Å². The standard InChI is InChI=1S/C8H4BrF3O2/c9-6-3-4(7(13)14)1-2-5(6)8(10,11)12/h1-3H,(H,13,14)/p-1. The lowest BCUT2D eigenvalue weighted by atomic mass is 10.1. The second kappa shape index (κ2) is 3.61. The molecular weight excluding hydrogens is 265 g/mol. The minimum atomic E-state index is -4.50. The van der Waals surface area contributed by atoms with Gasteiger partial charge in [-0.15, -0.1) is 0 Å². The number of carboxylic acids is 1. The summed E-state index contributed by atoms with van der Waals surface area (Å²) in [7, 11) is 0. The van der Waals surface area contributed by atoms with Crippen molar-refractivity contribution in [3.8, 4) is 0 Å². The number of carboxylic acid groups (broad SMARTS) is 1. The Balaban J connectivity index is 3.21. The number of rotatable bonds is 1. The van der Waals surface area contributed by atoms with Crippen molar-refractivity contribution in [2.24, 2.45) is 0 Å². The molecule has 0 fully saturated rings. The maximum atomic E-state index is 12.2. The summed E-state index contributed by atoms with van der Waals surface area (Å²) in [6.07, 6.45) is -4.50. The van der Waals surface area contributed by atoms with Gasteiger partial charge in [0.2, 0.25) is 0 Å². The summed E-state index contributed by atoms with van der Waals surface area (Å²) in [6.45, 7) is 0. The van der Waals surface area contributed by atoms with E-state index in [2.05, 4.69) is 15.9 Å². The highest BCUT2D eigenvalue weighted by atomic mass is 79.9. The molecule has 0 unspecified atom stereocenters. The van der Waals surface area contributed by atoms with E-state index in [0.29, 0.717) is 6.07 Å². The molecule has 0 bridgehead atoms. The summed E-state index contributed by atoms with van der Waals surface area (Å²) >= 11 is 2.64. The van der Waals surface area contributed by atoms with Crippen LogP contribution in [0, 0.1) is 0 Å². The van der Waals surface area contributed by atoms with Crippen LogP contribution in [0.2, 0.25) is 0 Å². The number of aromatic carboxylic acids is 1. The van der Waals surface area contributed by atoms with Crippen LogP contribution in [-0.2, 0) is 6.18 Å². The molecule has 0 aliphatic carbocycles. The molecule has 76 valence electrons. The molecule has 0 N–H and O–H groups in total. The second-order valence-electron chi connectivity index (χ2n) is 2.48. The summed E-state index contributed by atoms with van der Waals surface area (Å²) in [5.41, 5.74) is -1.22. The summed E-state index contributed by atoms with van der Waals surface area (Å²) in [4.78, 5) is 10.3. The van der Waals surface area contributed by atoms with E-state index < -0.39 is 17.7 Å². The van der Waals surface area contributed by atoms with Crippen LogP contribution < -0.4 is 5.11 Å².